The smallest absolute Gasteiger partial charge is 0.343 e. The molecule has 3 aromatic rings. The van der Waals surface area contributed by atoms with E-state index in [-0.39, 0.29) is 11.7 Å². The lowest BCUT2D eigenvalue weighted by molar-refractivity contribution is 0.0728. The van der Waals surface area contributed by atoms with E-state index >= 15 is 0 Å². The van der Waals surface area contributed by atoms with Crippen molar-refractivity contribution in [2.75, 3.05) is 13.7 Å². The molecule has 8 nitrogen and oxygen atoms in total. The third-order valence-corrected chi connectivity index (χ3v) is 4.12. The van der Waals surface area contributed by atoms with Crippen molar-refractivity contribution in [3.63, 3.8) is 0 Å². The Morgan fingerprint density at radius 1 is 1.00 bits per heavy atom. The van der Waals surface area contributed by atoms with Gasteiger partial charge in [-0.05, 0) is 67.1 Å². The second kappa shape index (κ2) is 10.5. The maximum atomic E-state index is 12.4. The van der Waals surface area contributed by atoms with Gasteiger partial charge in [-0.2, -0.15) is 5.10 Å². The third-order valence-electron chi connectivity index (χ3n) is 4.12. The number of pyridine rings is 1. The molecule has 1 amide bonds. The van der Waals surface area contributed by atoms with Gasteiger partial charge >= 0.3 is 5.97 Å². The van der Waals surface area contributed by atoms with Crippen LogP contribution in [0.25, 0.3) is 0 Å². The minimum Gasteiger partial charge on any atom is -0.497 e. The number of ether oxygens (including phenoxy) is 3. The van der Waals surface area contributed by atoms with Gasteiger partial charge in [0.2, 0.25) is 0 Å². The van der Waals surface area contributed by atoms with E-state index in [1.807, 2.05) is 6.92 Å². The predicted octanol–water partition coefficient (Wildman–Crippen LogP) is 3.47. The van der Waals surface area contributed by atoms with Crippen LogP contribution in [0.15, 0.2) is 72.1 Å². The van der Waals surface area contributed by atoms with E-state index in [2.05, 4.69) is 15.5 Å². The zero-order valence-electron chi connectivity index (χ0n) is 17.1. The summed E-state index contributed by atoms with van der Waals surface area (Å²) in [6.07, 6.45) is 4.52. The fourth-order valence-electron chi connectivity index (χ4n) is 2.58. The summed E-state index contributed by atoms with van der Waals surface area (Å²) in [6, 6.07) is 14.7. The van der Waals surface area contributed by atoms with Gasteiger partial charge < -0.3 is 14.2 Å². The monoisotopic (exact) mass is 419 g/mol. The van der Waals surface area contributed by atoms with Gasteiger partial charge in [-0.15, -0.1) is 0 Å². The fourth-order valence-corrected chi connectivity index (χ4v) is 2.58. The van der Waals surface area contributed by atoms with Crippen molar-refractivity contribution in [2.45, 2.75) is 6.92 Å². The largest absolute Gasteiger partial charge is 0.497 e. The van der Waals surface area contributed by atoms with Crippen LogP contribution in [-0.4, -0.2) is 36.8 Å². The van der Waals surface area contributed by atoms with E-state index in [0.29, 0.717) is 34.8 Å². The van der Waals surface area contributed by atoms with E-state index < -0.39 is 5.97 Å². The van der Waals surface area contributed by atoms with Crippen LogP contribution in [0.2, 0.25) is 0 Å². The fraction of sp³-hybridized carbons (Fsp3) is 0.130. The first-order chi connectivity index (χ1) is 15.1. The molecule has 8 heteroatoms. The molecule has 158 valence electrons. The van der Waals surface area contributed by atoms with Crippen molar-refractivity contribution >= 4 is 18.1 Å². The normalized spacial score (nSPS) is 10.5. The summed E-state index contributed by atoms with van der Waals surface area (Å²) < 4.78 is 16.2. The lowest BCUT2D eigenvalue weighted by Crippen LogP contribution is -2.17. The second-order valence-corrected chi connectivity index (χ2v) is 6.19. The van der Waals surface area contributed by atoms with Gasteiger partial charge in [0.25, 0.3) is 5.91 Å². The van der Waals surface area contributed by atoms with Crippen LogP contribution in [0.1, 0.15) is 33.2 Å². The third kappa shape index (κ3) is 5.89. The number of amides is 1. The summed E-state index contributed by atoms with van der Waals surface area (Å²) in [7, 11) is 1.55. The van der Waals surface area contributed by atoms with Crippen molar-refractivity contribution in [3.8, 4) is 17.2 Å². The van der Waals surface area contributed by atoms with E-state index in [1.165, 1.54) is 18.6 Å². The Kier molecular flexibility index (Phi) is 7.31. The average molecular weight is 419 g/mol. The average Bonchev–Trinajstić information content (AvgIpc) is 2.81. The Labute approximate surface area is 179 Å². The van der Waals surface area contributed by atoms with Crippen LogP contribution in [0.3, 0.4) is 0 Å². The lowest BCUT2D eigenvalue weighted by atomic mass is 10.2. The number of benzene rings is 2. The lowest BCUT2D eigenvalue weighted by Gasteiger charge is -2.11. The zero-order chi connectivity index (χ0) is 22.1. The number of carbonyl (C=O) groups excluding carboxylic acids is 2. The van der Waals surface area contributed by atoms with Gasteiger partial charge in [-0.3, -0.25) is 9.78 Å². The highest BCUT2D eigenvalue weighted by atomic mass is 16.6. The highest BCUT2D eigenvalue weighted by Gasteiger charge is 2.13. The summed E-state index contributed by atoms with van der Waals surface area (Å²) in [5.74, 6) is 0.434. The molecule has 0 saturated heterocycles. The molecular formula is C23H21N3O5. The van der Waals surface area contributed by atoms with Crippen LogP contribution in [0, 0.1) is 0 Å². The van der Waals surface area contributed by atoms with Gasteiger partial charge in [0.15, 0.2) is 11.5 Å². The van der Waals surface area contributed by atoms with Gasteiger partial charge in [-0.1, -0.05) is 0 Å². The van der Waals surface area contributed by atoms with Crippen LogP contribution in [0.4, 0.5) is 0 Å². The molecule has 0 saturated carbocycles. The number of rotatable bonds is 8. The number of hydrogen-bond donors (Lipinski definition) is 1. The minimum atomic E-state index is -0.519. The first kappa shape index (κ1) is 21.5. The molecule has 0 atom stereocenters. The van der Waals surface area contributed by atoms with Crippen LogP contribution < -0.4 is 19.6 Å². The van der Waals surface area contributed by atoms with Crippen molar-refractivity contribution < 1.29 is 23.8 Å². The molecule has 0 aliphatic carbocycles. The zero-order valence-corrected chi connectivity index (χ0v) is 17.1. The molecule has 3 rings (SSSR count). The van der Waals surface area contributed by atoms with Crippen LogP contribution in [0.5, 0.6) is 17.2 Å². The summed E-state index contributed by atoms with van der Waals surface area (Å²) in [5.41, 5.74) is 3.93. The Morgan fingerprint density at radius 2 is 1.74 bits per heavy atom. The first-order valence-corrected chi connectivity index (χ1v) is 9.47. The number of carbonyl (C=O) groups is 2. The number of hydrazone groups is 1. The summed E-state index contributed by atoms with van der Waals surface area (Å²) in [5, 5.41) is 3.95. The molecular weight excluding hydrogens is 398 g/mol. The maximum absolute atomic E-state index is 12.4. The molecule has 0 unspecified atom stereocenters. The van der Waals surface area contributed by atoms with Crippen molar-refractivity contribution in [1.82, 2.24) is 10.4 Å². The van der Waals surface area contributed by atoms with E-state index in [1.54, 1.807) is 61.7 Å². The van der Waals surface area contributed by atoms with E-state index in [9.17, 15) is 9.59 Å². The predicted molar refractivity (Wildman–Crippen MR) is 115 cm³/mol. The number of hydrogen-bond acceptors (Lipinski definition) is 7. The number of aromatic nitrogens is 1. The Hall–Kier alpha value is -4.20. The van der Waals surface area contributed by atoms with Gasteiger partial charge in [-0.25, -0.2) is 10.2 Å². The molecule has 0 radical (unpaired) electrons. The number of esters is 1. The maximum Gasteiger partial charge on any atom is 0.343 e. The van der Waals surface area contributed by atoms with Crippen LogP contribution in [-0.2, 0) is 0 Å². The summed E-state index contributed by atoms with van der Waals surface area (Å²) in [4.78, 5) is 28.3. The number of nitrogens with one attached hydrogen (secondary N) is 1. The SMILES string of the molecule is CCOc1cc(C=NNC(=O)c2ccncc2)ccc1OC(=O)c1ccc(OC)cc1. The molecule has 2 aromatic carbocycles. The first-order valence-electron chi connectivity index (χ1n) is 9.47. The Morgan fingerprint density at radius 3 is 2.42 bits per heavy atom. The van der Waals surface area contributed by atoms with E-state index in [4.69, 9.17) is 14.2 Å². The van der Waals surface area contributed by atoms with Gasteiger partial charge in [0.05, 0.1) is 25.5 Å². The summed E-state index contributed by atoms with van der Waals surface area (Å²) in [6.45, 7) is 2.21. The molecule has 31 heavy (non-hydrogen) atoms. The minimum absolute atomic E-state index is 0.278. The van der Waals surface area contributed by atoms with Crippen molar-refractivity contribution in [1.29, 1.82) is 0 Å². The molecule has 0 spiro atoms. The molecule has 0 aliphatic rings. The van der Waals surface area contributed by atoms with Gasteiger partial charge in [0.1, 0.15) is 5.75 Å². The van der Waals surface area contributed by atoms with Crippen LogP contribution >= 0.6 is 0 Å². The number of methoxy groups -OCH3 is 1. The van der Waals surface area contributed by atoms with Crippen molar-refractivity contribution in [2.24, 2.45) is 5.10 Å². The molecule has 1 N–H and O–H groups in total. The van der Waals surface area contributed by atoms with E-state index in [0.717, 1.165) is 0 Å². The second-order valence-electron chi connectivity index (χ2n) is 6.19. The topological polar surface area (TPSA) is 99.1 Å². The molecule has 0 aliphatic heterocycles. The standard InChI is InChI=1S/C23H21N3O5/c1-3-30-21-14-16(15-25-26-22(27)17-10-12-24-13-11-17)4-9-20(21)31-23(28)18-5-7-19(29-2)8-6-18/h4-15H,3H2,1-2H3,(H,26,27). The number of nitrogens with zero attached hydrogens (tertiary/aromatic N) is 2. The van der Waals surface area contributed by atoms with Gasteiger partial charge in [0, 0.05) is 18.0 Å². The summed E-state index contributed by atoms with van der Waals surface area (Å²) >= 11 is 0. The molecule has 1 aromatic heterocycles. The molecule has 0 bridgehead atoms. The highest BCUT2D eigenvalue weighted by Crippen LogP contribution is 2.29. The highest BCUT2D eigenvalue weighted by molar-refractivity contribution is 5.95. The molecule has 1 heterocycles. The Balaban J connectivity index is 1.69. The molecule has 0 fully saturated rings. The van der Waals surface area contributed by atoms with Crippen molar-refractivity contribution in [3.05, 3.63) is 83.7 Å². The Bertz CT molecular complexity index is 1070. The quantitative estimate of drug-likeness (QED) is 0.260.